The van der Waals surface area contributed by atoms with E-state index in [1.807, 2.05) is 31.3 Å². The van der Waals surface area contributed by atoms with Gasteiger partial charge in [-0.25, -0.2) is 0 Å². The van der Waals surface area contributed by atoms with E-state index in [1.54, 1.807) is 14.2 Å². The molecule has 2 N–H and O–H groups in total. The average Bonchev–Trinajstić information content (AvgIpc) is 2.84. The lowest BCUT2D eigenvalue weighted by Gasteiger charge is -2.48. The molecule has 1 fully saturated rings. The molecule has 122 valence electrons. The Bertz CT molecular complexity index is 645. The van der Waals surface area contributed by atoms with Gasteiger partial charge in [-0.1, -0.05) is 6.07 Å². The fourth-order valence-corrected chi connectivity index (χ4v) is 4.25. The molecule has 0 amide bonds. The summed E-state index contributed by atoms with van der Waals surface area (Å²) in [6, 6.07) is 5.37. The van der Waals surface area contributed by atoms with Gasteiger partial charge in [-0.2, -0.15) is 0 Å². The van der Waals surface area contributed by atoms with Crippen molar-refractivity contribution in [2.24, 2.45) is 0 Å². The van der Waals surface area contributed by atoms with Crippen LogP contribution in [0.25, 0.3) is 0 Å². The minimum atomic E-state index is -1.49. The zero-order valence-corrected chi connectivity index (χ0v) is 13.7. The van der Waals surface area contributed by atoms with Crippen LogP contribution in [0.5, 0.6) is 11.5 Å². The minimum absolute atomic E-state index is 0.0526. The summed E-state index contributed by atoms with van der Waals surface area (Å²) in [7, 11) is 11.3. The molecule has 2 radical (unpaired) electrons. The van der Waals surface area contributed by atoms with Crippen molar-refractivity contribution in [3.05, 3.63) is 35.6 Å². The summed E-state index contributed by atoms with van der Waals surface area (Å²) in [6.45, 7) is 0.780. The smallest absolute Gasteiger partial charge is 0.161 e. The van der Waals surface area contributed by atoms with Gasteiger partial charge >= 0.3 is 0 Å². The molecule has 2 aliphatic rings. The van der Waals surface area contributed by atoms with Crippen LogP contribution >= 0.6 is 0 Å². The molecule has 1 heterocycles. The van der Waals surface area contributed by atoms with E-state index in [4.69, 9.17) is 17.3 Å². The summed E-state index contributed by atoms with van der Waals surface area (Å²) in [5, 5.41) is 20.9. The first kappa shape index (κ1) is 16.2. The predicted octanol–water partition coefficient (Wildman–Crippen LogP) is 1.35. The molecule has 5 nitrogen and oxygen atoms in total. The highest BCUT2D eigenvalue weighted by Crippen LogP contribution is 2.50. The number of likely N-dealkylation sites (N-methyl/N-ethyl adjacent to an activating group) is 1. The van der Waals surface area contributed by atoms with Crippen LogP contribution in [0.15, 0.2) is 30.0 Å². The quantitative estimate of drug-likeness (QED) is 0.825. The predicted molar refractivity (Wildman–Crippen MR) is 88.3 cm³/mol. The Morgan fingerprint density at radius 1 is 1.26 bits per heavy atom. The van der Waals surface area contributed by atoms with Crippen LogP contribution in [0.1, 0.15) is 18.4 Å². The Balaban J connectivity index is 2.17. The Morgan fingerprint density at radius 3 is 2.61 bits per heavy atom. The number of benzene rings is 1. The number of aliphatic hydroxyl groups is 2. The Hall–Kier alpha value is -1.66. The number of nitrogens with zero attached hydrogens (tertiary/aromatic N) is 1. The minimum Gasteiger partial charge on any atom is -0.513 e. The van der Waals surface area contributed by atoms with Crippen molar-refractivity contribution in [1.82, 2.24) is 4.90 Å². The van der Waals surface area contributed by atoms with Gasteiger partial charge in [0.25, 0.3) is 0 Å². The van der Waals surface area contributed by atoms with Crippen molar-refractivity contribution in [3.8, 4) is 11.5 Å². The summed E-state index contributed by atoms with van der Waals surface area (Å²) < 4.78 is 10.7. The molecule has 1 aromatic carbocycles. The normalized spacial score (nSPS) is 33.9. The van der Waals surface area contributed by atoms with Crippen LogP contribution in [-0.2, 0) is 5.41 Å². The Morgan fingerprint density at radius 2 is 1.96 bits per heavy atom. The first-order valence-electron chi connectivity index (χ1n) is 7.69. The second-order valence-electron chi connectivity index (χ2n) is 6.55. The van der Waals surface area contributed by atoms with Crippen molar-refractivity contribution >= 4 is 7.85 Å². The monoisotopic (exact) mass is 315 g/mol. The van der Waals surface area contributed by atoms with Crippen molar-refractivity contribution in [1.29, 1.82) is 0 Å². The molecule has 1 aliphatic heterocycles. The fraction of sp³-hybridized carbons (Fsp3) is 0.529. The molecule has 23 heavy (non-hydrogen) atoms. The van der Waals surface area contributed by atoms with Gasteiger partial charge in [-0.3, -0.25) is 0 Å². The van der Waals surface area contributed by atoms with Gasteiger partial charge in [0.05, 0.1) is 20.0 Å². The van der Waals surface area contributed by atoms with Crippen molar-refractivity contribution in [2.45, 2.75) is 29.8 Å². The van der Waals surface area contributed by atoms with E-state index in [9.17, 15) is 10.2 Å². The lowest BCUT2D eigenvalue weighted by atomic mass is 9.57. The lowest BCUT2D eigenvalue weighted by molar-refractivity contribution is 0.00967. The zero-order valence-electron chi connectivity index (χ0n) is 13.7. The summed E-state index contributed by atoms with van der Waals surface area (Å²) >= 11 is 0. The third-order valence-corrected chi connectivity index (χ3v) is 5.09. The molecule has 0 bridgehead atoms. The molecule has 0 spiro atoms. The molecular weight excluding hydrogens is 293 g/mol. The molecule has 1 aromatic rings. The van der Waals surface area contributed by atoms with E-state index < -0.39 is 10.9 Å². The number of aliphatic hydroxyl groups excluding tert-OH is 1. The first-order valence-corrected chi connectivity index (χ1v) is 7.69. The SMILES string of the molecule is [B]C1(O)CC(O)=C[C@@]2(c3ccc(OC)c(OC)c3)CCN(C)[C@@H]12. The number of ether oxygens (including phenoxy) is 2. The summed E-state index contributed by atoms with van der Waals surface area (Å²) in [4.78, 5) is 2.06. The molecule has 1 saturated heterocycles. The van der Waals surface area contributed by atoms with Gasteiger partial charge in [0.2, 0.25) is 0 Å². The van der Waals surface area contributed by atoms with Gasteiger partial charge in [0, 0.05) is 23.4 Å². The molecule has 0 aromatic heterocycles. The summed E-state index contributed by atoms with van der Waals surface area (Å²) in [5.74, 6) is 1.38. The van der Waals surface area contributed by atoms with Crippen LogP contribution in [0.4, 0.5) is 0 Å². The molecular formula is C17H22BNO4. The Labute approximate surface area is 137 Å². The number of fused-ring (bicyclic) bond motifs is 1. The summed E-state index contributed by atoms with van der Waals surface area (Å²) in [5.41, 5.74) is -1.10. The van der Waals surface area contributed by atoms with Crippen LogP contribution < -0.4 is 9.47 Å². The van der Waals surface area contributed by atoms with Gasteiger partial charge in [-0.05, 0) is 43.8 Å². The highest BCUT2D eigenvalue weighted by Gasteiger charge is 2.56. The third kappa shape index (κ3) is 2.41. The van der Waals surface area contributed by atoms with Gasteiger partial charge in [0.15, 0.2) is 11.5 Å². The van der Waals surface area contributed by atoms with Crippen LogP contribution in [0.2, 0.25) is 0 Å². The number of likely N-dealkylation sites (tertiary alicyclic amines) is 1. The highest BCUT2D eigenvalue weighted by molar-refractivity contribution is 6.15. The molecule has 6 heteroatoms. The second kappa shape index (κ2) is 5.46. The maximum absolute atomic E-state index is 10.7. The van der Waals surface area contributed by atoms with E-state index >= 15 is 0 Å². The van der Waals surface area contributed by atoms with Crippen LogP contribution in [-0.4, -0.2) is 62.3 Å². The Kier molecular flexibility index (Phi) is 3.85. The fourth-order valence-electron chi connectivity index (χ4n) is 4.25. The van der Waals surface area contributed by atoms with Gasteiger partial charge < -0.3 is 24.6 Å². The van der Waals surface area contributed by atoms with E-state index in [-0.39, 0.29) is 18.2 Å². The summed E-state index contributed by atoms with van der Waals surface area (Å²) in [6.07, 6.45) is 2.65. The van der Waals surface area contributed by atoms with Crippen LogP contribution in [0.3, 0.4) is 0 Å². The molecule has 1 unspecified atom stereocenters. The molecule has 3 rings (SSSR count). The largest absolute Gasteiger partial charge is 0.513 e. The van der Waals surface area contributed by atoms with Gasteiger partial charge in [-0.15, -0.1) is 0 Å². The maximum Gasteiger partial charge on any atom is 0.161 e. The lowest BCUT2D eigenvalue weighted by Crippen LogP contribution is -2.59. The molecule has 0 saturated carbocycles. The van der Waals surface area contributed by atoms with Crippen molar-refractivity contribution in [2.75, 3.05) is 27.8 Å². The van der Waals surface area contributed by atoms with E-state index in [1.165, 1.54) is 0 Å². The van der Waals surface area contributed by atoms with E-state index in [0.717, 1.165) is 18.5 Å². The van der Waals surface area contributed by atoms with Crippen molar-refractivity contribution < 1.29 is 19.7 Å². The first-order chi connectivity index (χ1) is 10.8. The molecule has 1 aliphatic carbocycles. The van der Waals surface area contributed by atoms with E-state index in [2.05, 4.69) is 4.90 Å². The second-order valence-corrected chi connectivity index (χ2v) is 6.55. The maximum atomic E-state index is 10.7. The van der Waals surface area contributed by atoms with Gasteiger partial charge in [0.1, 0.15) is 7.85 Å². The number of methoxy groups -OCH3 is 2. The number of hydrogen-bond acceptors (Lipinski definition) is 5. The molecule has 3 atom stereocenters. The average molecular weight is 315 g/mol. The van der Waals surface area contributed by atoms with Crippen LogP contribution in [0, 0.1) is 0 Å². The van der Waals surface area contributed by atoms with E-state index in [0.29, 0.717) is 11.5 Å². The standard InChI is InChI=1S/C17H22BNO4/c1-19-7-6-16(9-12(20)10-17(18,21)15(16)19)11-4-5-13(22-2)14(8-11)23-3/h4-5,8-9,15,20-21H,6-7,10H2,1-3H3/t15-,16-,17?/m1/s1. The topological polar surface area (TPSA) is 62.2 Å². The highest BCUT2D eigenvalue weighted by atomic mass is 16.5. The number of hydrogen-bond donors (Lipinski definition) is 2. The third-order valence-electron chi connectivity index (χ3n) is 5.09. The zero-order chi connectivity index (χ0) is 16.8. The van der Waals surface area contributed by atoms with Crippen molar-refractivity contribution in [3.63, 3.8) is 0 Å². The number of rotatable bonds is 3.